The number of piperidine rings is 1. The lowest BCUT2D eigenvalue weighted by molar-refractivity contribution is 0.0944. The van der Waals surface area contributed by atoms with Crippen LogP contribution in [0.5, 0.6) is 0 Å². The minimum atomic E-state index is 0.0494. The number of amides is 1. The minimum absolute atomic E-state index is 0.0494. The van der Waals surface area contributed by atoms with E-state index in [4.69, 9.17) is 0 Å². The molecule has 1 aliphatic heterocycles. The molecule has 0 atom stereocenters. The number of hydrogen-bond donors (Lipinski definition) is 1. The van der Waals surface area contributed by atoms with E-state index in [2.05, 4.69) is 27.3 Å². The van der Waals surface area contributed by atoms with E-state index in [1.807, 2.05) is 45.2 Å². The first-order valence-electron chi connectivity index (χ1n) is 9.06. The van der Waals surface area contributed by atoms with Crippen molar-refractivity contribution in [2.24, 2.45) is 5.92 Å². The number of pyridine rings is 1. The van der Waals surface area contributed by atoms with E-state index in [9.17, 15) is 4.79 Å². The molecule has 1 aromatic heterocycles. The first kappa shape index (κ1) is 17.5. The molecule has 0 spiro atoms. The van der Waals surface area contributed by atoms with Crippen LogP contribution >= 0.6 is 0 Å². The Morgan fingerprint density at radius 1 is 1.16 bits per heavy atom. The molecule has 2 aromatic rings. The molecule has 4 nitrogen and oxygen atoms in total. The SMILES string of the molecule is Cc1ccc(C)c(C(=O)NCC2CCN(c3ccnc(C)c3)CC2)c1. The van der Waals surface area contributed by atoms with Crippen molar-refractivity contribution in [3.63, 3.8) is 0 Å². The summed E-state index contributed by atoms with van der Waals surface area (Å²) in [6, 6.07) is 10.2. The van der Waals surface area contributed by atoms with Crippen molar-refractivity contribution in [2.75, 3.05) is 24.5 Å². The number of benzene rings is 1. The summed E-state index contributed by atoms with van der Waals surface area (Å²) in [5.41, 5.74) is 5.26. The summed E-state index contributed by atoms with van der Waals surface area (Å²) in [7, 11) is 0. The fourth-order valence-electron chi connectivity index (χ4n) is 3.44. The van der Waals surface area contributed by atoms with E-state index in [0.717, 1.165) is 54.9 Å². The second-order valence-corrected chi connectivity index (χ2v) is 7.11. The Hall–Kier alpha value is -2.36. The highest BCUT2D eigenvalue weighted by atomic mass is 16.1. The average molecular weight is 337 g/mol. The predicted molar refractivity (Wildman–Crippen MR) is 102 cm³/mol. The topological polar surface area (TPSA) is 45.2 Å². The molecule has 4 heteroatoms. The first-order valence-corrected chi connectivity index (χ1v) is 9.06. The number of nitrogens with zero attached hydrogens (tertiary/aromatic N) is 2. The lowest BCUT2D eigenvalue weighted by Crippen LogP contribution is -2.38. The number of hydrogen-bond acceptors (Lipinski definition) is 3. The van der Waals surface area contributed by atoms with Crippen molar-refractivity contribution < 1.29 is 4.79 Å². The molecule has 0 aliphatic carbocycles. The molecule has 3 rings (SSSR count). The maximum atomic E-state index is 12.5. The molecular formula is C21H27N3O. The summed E-state index contributed by atoms with van der Waals surface area (Å²) >= 11 is 0. The monoisotopic (exact) mass is 337 g/mol. The standard InChI is InChI=1S/C21H27N3O/c1-15-4-5-16(2)20(12-15)21(25)23-14-18-7-10-24(11-8-18)19-6-9-22-17(3)13-19/h4-6,9,12-13,18H,7-8,10-11,14H2,1-3H3,(H,23,25). The van der Waals surface area contributed by atoms with Gasteiger partial charge in [-0.1, -0.05) is 17.7 Å². The van der Waals surface area contributed by atoms with Crippen LogP contribution in [0.3, 0.4) is 0 Å². The second-order valence-electron chi connectivity index (χ2n) is 7.11. The molecule has 0 bridgehead atoms. The molecule has 0 radical (unpaired) electrons. The van der Waals surface area contributed by atoms with Gasteiger partial charge in [-0.3, -0.25) is 9.78 Å². The number of aryl methyl sites for hydroxylation is 3. The Morgan fingerprint density at radius 2 is 1.92 bits per heavy atom. The van der Waals surface area contributed by atoms with Gasteiger partial charge < -0.3 is 10.2 Å². The van der Waals surface area contributed by atoms with Crippen LogP contribution < -0.4 is 10.2 Å². The number of carbonyl (C=O) groups is 1. The Kier molecular flexibility index (Phi) is 5.37. The number of rotatable bonds is 4. The zero-order valence-electron chi connectivity index (χ0n) is 15.4. The van der Waals surface area contributed by atoms with Crippen LogP contribution in [0, 0.1) is 26.7 Å². The highest BCUT2D eigenvalue weighted by molar-refractivity contribution is 5.95. The maximum absolute atomic E-state index is 12.5. The Bertz CT molecular complexity index is 749. The lowest BCUT2D eigenvalue weighted by atomic mass is 9.96. The van der Waals surface area contributed by atoms with Gasteiger partial charge in [0, 0.05) is 42.8 Å². The van der Waals surface area contributed by atoms with Crippen molar-refractivity contribution in [3.8, 4) is 0 Å². The molecule has 1 fully saturated rings. The van der Waals surface area contributed by atoms with Crippen LogP contribution in [0.25, 0.3) is 0 Å². The normalized spacial score (nSPS) is 15.2. The molecule has 25 heavy (non-hydrogen) atoms. The Balaban J connectivity index is 1.51. The quantitative estimate of drug-likeness (QED) is 0.926. The van der Waals surface area contributed by atoms with Crippen LogP contribution in [0.2, 0.25) is 0 Å². The minimum Gasteiger partial charge on any atom is -0.371 e. The highest BCUT2D eigenvalue weighted by Gasteiger charge is 2.20. The number of carbonyl (C=O) groups excluding carboxylic acids is 1. The summed E-state index contributed by atoms with van der Waals surface area (Å²) < 4.78 is 0. The third-order valence-electron chi connectivity index (χ3n) is 5.05. The van der Waals surface area contributed by atoms with Crippen molar-refractivity contribution in [1.82, 2.24) is 10.3 Å². The van der Waals surface area contributed by atoms with Crippen LogP contribution in [0.15, 0.2) is 36.5 Å². The first-order chi connectivity index (χ1) is 12.0. The maximum Gasteiger partial charge on any atom is 0.251 e. The smallest absolute Gasteiger partial charge is 0.251 e. The van der Waals surface area contributed by atoms with E-state index in [-0.39, 0.29) is 5.91 Å². The van der Waals surface area contributed by atoms with Crippen molar-refractivity contribution in [3.05, 3.63) is 58.9 Å². The van der Waals surface area contributed by atoms with Gasteiger partial charge >= 0.3 is 0 Å². The zero-order chi connectivity index (χ0) is 17.8. The van der Waals surface area contributed by atoms with E-state index in [1.54, 1.807) is 0 Å². The van der Waals surface area contributed by atoms with Gasteiger partial charge in [-0.2, -0.15) is 0 Å². The average Bonchev–Trinajstić information content (AvgIpc) is 2.62. The van der Waals surface area contributed by atoms with Crippen LogP contribution in [0.4, 0.5) is 5.69 Å². The zero-order valence-corrected chi connectivity index (χ0v) is 15.4. The number of anilines is 1. The van der Waals surface area contributed by atoms with E-state index in [1.165, 1.54) is 5.69 Å². The highest BCUT2D eigenvalue weighted by Crippen LogP contribution is 2.23. The third kappa shape index (κ3) is 4.38. The van der Waals surface area contributed by atoms with Gasteiger partial charge in [0.1, 0.15) is 0 Å². The lowest BCUT2D eigenvalue weighted by Gasteiger charge is -2.33. The van der Waals surface area contributed by atoms with E-state index in [0.29, 0.717) is 5.92 Å². The number of aromatic nitrogens is 1. The van der Waals surface area contributed by atoms with Gasteiger partial charge in [0.15, 0.2) is 0 Å². The predicted octanol–water partition coefficient (Wildman–Crippen LogP) is 3.65. The van der Waals surface area contributed by atoms with Crippen LogP contribution in [0.1, 0.15) is 40.0 Å². The van der Waals surface area contributed by atoms with Crippen LogP contribution in [-0.4, -0.2) is 30.5 Å². The van der Waals surface area contributed by atoms with Gasteiger partial charge in [-0.15, -0.1) is 0 Å². The fourth-order valence-corrected chi connectivity index (χ4v) is 3.44. The molecule has 1 amide bonds. The molecule has 0 saturated carbocycles. The molecule has 1 aromatic carbocycles. The van der Waals surface area contributed by atoms with Crippen molar-refractivity contribution >= 4 is 11.6 Å². The Labute approximate surface area is 150 Å². The molecule has 1 aliphatic rings. The number of nitrogens with one attached hydrogen (secondary N) is 1. The van der Waals surface area contributed by atoms with E-state index < -0.39 is 0 Å². The van der Waals surface area contributed by atoms with Gasteiger partial charge in [-0.05, 0) is 63.3 Å². The van der Waals surface area contributed by atoms with Crippen molar-refractivity contribution in [1.29, 1.82) is 0 Å². The van der Waals surface area contributed by atoms with Gasteiger partial charge in [0.2, 0.25) is 0 Å². The molecule has 132 valence electrons. The third-order valence-corrected chi connectivity index (χ3v) is 5.05. The summed E-state index contributed by atoms with van der Waals surface area (Å²) in [5.74, 6) is 0.599. The van der Waals surface area contributed by atoms with Gasteiger partial charge in [0.25, 0.3) is 5.91 Å². The fraction of sp³-hybridized carbons (Fsp3) is 0.429. The summed E-state index contributed by atoms with van der Waals surface area (Å²) in [6.45, 7) is 8.87. The van der Waals surface area contributed by atoms with E-state index >= 15 is 0 Å². The summed E-state index contributed by atoms with van der Waals surface area (Å²) in [6.07, 6.45) is 4.09. The molecule has 1 N–H and O–H groups in total. The Morgan fingerprint density at radius 3 is 2.64 bits per heavy atom. The molecule has 1 saturated heterocycles. The molecule has 2 heterocycles. The summed E-state index contributed by atoms with van der Waals surface area (Å²) in [5, 5.41) is 3.13. The molecular weight excluding hydrogens is 310 g/mol. The van der Waals surface area contributed by atoms with Gasteiger partial charge in [0.05, 0.1) is 0 Å². The van der Waals surface area contributed by atoms with Gasteiger partial charge in [-0.25, -0.2) is 0 Å². The largest absolute Gasteiger partial charge is 0.371 e. The summed E-state index contributed by atoms with van der Waals surface area (Å²) in [4.78, 5) is 19.1. The van der Waals surface area contributed by atoms with Crippen LogP contribution in [-0.2, 0) is 0 Å². The second kappa shape index (κ2) is 7.68. The molecule has 0 unspecified atom stereocenters. The van der Waals surface area contributed by atoms with Crippen molar-refractivity contribution in [2.45, 2.75) is 33.6 Å².